The summed E-state index contributed by atoms with van der Waals surface area (Å²) in [6.07, 6.45) is -4.35. The first kappa shape index (κ1) is 67.8. The van der Waals surface area contributed by atoms with Crippen LogP contribution in [0.1, 0.15) is 92.4 Å². The van der Waals surface area contributed by atoms with Crippen molar-refractivity contribution in [2.45, 2.75) is 153 Å². The highest BCUT2D eigenvalue weighted by atomic mass is 32.1. The Morgan fingerprint density at radius 1 is 0.520 bits per heavy atom. The Morgan fingerprint density at radius 3 is 1.43 bits per heavy atom. The van der Waals surface area contributed by atoms with Crippen LogP contribution in [0.4, 0.5) is 0 Å². The molecule has 0 bridgehead atoms. The molecule has 0 aliphatic rings. The molecule has 0 aliphatic heterocycles. The van der Waals surface area contributed by atoms with Crippen LogP contribution in [0.2, 0.25) is 0 Å². The molecule has 0 aliphatic carbocycles. The molecule has 0 aromatic rings. The quantitative estimate of drug-likeness (QED) is 0.0203. The molecule has 0 unspecified atom stereocenters. The minimum absolute atomic E-state index is 0.161. The molecule has 75 heavy (non-hydrogen) atoms. The number of carboxylic acids is 4. The summed E-state index contributed by atoms with van der Waals surface area (Å²) >= 11 is 3.94. The van der Waals surface area contributed by atoms with Crippen molar-refractivity contribution in [1.29, 1.82) is 0 Å². The normalized spacial score (nSPS) is 15.4. The van der Waals surface area contributed by atoms with Gasteiger partial charge in [0.15, 0.2) is 0 Å². The summed E-state index contributed by atoms with van der Waals surface area (Å²) in [7, 11) is 0. The summed E-state index contributed by atoms with van der Waals surface area (Å²) in [5.74, 6) is -19.5. The standard InChI is InChI=1S/C43H72N12O19S/c1-6-19(4)33(53-28(58)16-47-40(70)34(20(5)56)55-38(68)24(14-30(61)62)49-35(65)21(45)9-7-8-12-44)42(72)48-22(10-11-27(46)57)36(66)54-32(18(2)3)41(71)50-23(13-29(59)60)37(67)52-26(17-75)39(69)51-25(43(73)74)15-31(63)64/h18-26,32-34,56,75H,6-17,44-45H2,1-5H3,(H2,46,57)(H,47,70)(H,48,72)(H,49,65)(H,50,71)(H,51,69)(H,52,67)(H,53,58)(H,54,66)(H,55,68)(H,59,60)(H,61,62)(H,63,64)(H,73,74)/t19-,20+,21-,22-,23-,24-,25-,26-,32-,33-,34-/m0/s1. The van der Waals surface area contributed by atoms with Crippen LogP contribution < -0.4 is 65.1 Å². The topological polar surface area (TPSA) is 526 Å². The van der Waals surface area contributed by atoms with E-state index in [0.29, 0.717) is 19.4 Å². The summed E-state index contributed by atoms with van der Waals surface area (Å²) < 4.78 is 0. The molecule has 424 valence electrons. The Labute approximate surface area is 435 Å². The van der Waals surface area contributed by atoms with Crippen LogP contribution >= 0.6 is 12.6 Å². The lowest BCUT2D eigenvalue weighted by Crippen LogP contribution is -2.61. The van der Waals surface area contributed by atoms with Gasteiger partial charge in [0.1, 0.15) is 48.3 Å². The van der Waals surface area contributed by atoms with Gasteiger partial charge >= 0.3 is 23.9 Å². The second-order valence-corrected chi connectivity index (χ2v) is 18.0. The van der Waals surface area contributed by atoms with Crippen molar-refractivity contribution in [2.75, 3.05) is 18.8 Å². The van der Waals surface area contributed by atoms with Crippen molar-refractivity contribution in [1.82, 2.24) is 47.9 Å². The average molecular weight is 1090 g/mol. The fourth-order valence-corrected chi connectivity index (χ4v) is 6.79. The molecular formula is C43H72N12O19S. The maximum absolute atomic E-state index is 13.9. The maximum Gasteiger partial charge on any atom is 0.326 e. The van der Waals surface area contributed by atoms with E-state index in [-0.39, 0.29) is 12.8 Å². The predicted octanol–water partition coefficient (Wildman–Crippen LogP) is -6.78. The third kappa shape index (κ3) is 26.0. The first-order valence-electron chi connectivity index (χ1n) is 23.5. The molecule has 20 N–H and O–H groups in total. The van der Waals surface area contributed by atoms with Crippen molar-refractivity contribution < 1.29 is 92.7 Å². The number of unbranched alkanes of at least 4 members (excludes halogenated alkanes) is 1. The average Bonchev–Trinajstić information content (AvgIpc) is 3.31. The van der Waals surface area contributed by atoms with E-state index in [2.05, 4.69) is 55.2 Å². The van der Waals surface area contributed by atoms with Crippen LogP contribution in [0.3, 0.4) is 0 Å². The molecule has 31 nitrogen and oxygen atoms in total. The van der Waals surface area contributed by atoms with Gasteiger partial charge in [0.25, 0.3) is 0 Å². The number of carbonyl (C=O) groups is 14. The van der Waals surface area contributed by atoms with Crippen LogP contribution in [-0.2, 0) is 67.1 Å². The first-order valence-corrected chi connectivity index (χ1v) is 24.1. The van der Waals surface area contributed by atoms with Gasteiger partial charge < -0.3 is 90.6 Å². The smallest absolute Gasteiger partial charge is 0.326 e. The highest BCUT2D eigenvalue weighted by molar-refractivity contribution is 7.80. The lowest BCUT2D eigenvalue weighted by Gasteiger charge is -2.29. The molecule has 0 rings (SSSR count). The molecule has 0 saturated heterocycles. The Morgan fingerprint density at radius 2 is 0.960 bits per heavy atom. The largest absolute Gasteiger partial charge is 0.481 e. The van der Waals surface area contributed by atoms with E-state index in [1.807, 2.05) is 5.32 Å². The van der Waals surface area contributed by atoms with Crippen LogP contribution in [-0.4, -0.2) is 188 Å². The zero-order valence-corrected chi connectivity index (χ0v) is 42.9. The number of amides is 10. The Hall–Kier alpha value is -7.19. The first-order chi connectivity index (χ1) is 34.9. The molecule has 0 spiro atoms. The van der Waals surface area contributed by atoms with E-state index in [4.69, 9.17) is 22.3 Å². The SMILES string of the molecule is CC[C@H](C)[C@H](NC(=O)CNC(=O)[C@@H](NC(=O)[C@H](CC(=O)O)NC(=O)[C@@H](N)CCCCN)[C@@H](C)O)C(=O)N[C@@H](CCC(N)=O)C(=O)N[C@H](C(=O)N[C@@H](CC(=O)O)C(=O)N[C@@H](CS)C(=O)N[C@@H](CC(=O)O)C(=O)O)C(C)C. The molecule has 0 fully saturated rings. The van der Waals surface area contributed by atoms with Crippen molar-refractivity contribution in [2.24, 2.45) is 29.0 Å². The van der Waals surface area contributed by atoms with Gasteiger partial charge in [0.05, 0.1) is 38.0 Å². The number of carboxylic acid groups (broad SMARTS) is 4. The molecule has 0 heterocycles. The fourth-order valence-electron chi connectivity index (χ4n) is 6.53. The summed E-state index contributed by atoms with van der Waals surface area (Å²) in [4.78, 5) is 177. The highest BCUT2D eigenvalue weighted by Gasteiger charge is 2.37. The number of nitrogens with one attached hydrogen (secondary N) is 9. The molecule has 0 saturated carbocycles. The second kappa shape index (κ2) is 34.3. The number of aliphatic carboxylic acids is 4. The third-order valence-electron chi connectivity index (χ3n) is 11.0. The molecule has 0 aromatic carbocycles. The Kier molecular flexibility index (Phi) is 31.0. The van der Waals surface area contributed by atoms with Gasteiger partial charge in [-0.05, 0) is 44.6 Å². The number of carbonyl (C=O) groups excluding carboxylic acids is 10. The summed E-state index contributed by atoms with van der Waals surface area (Å²) in [5, 5.41) is 67.4. The minimum Gasteiger partial charge on any atom is -0.481 e. The van der Waals surface area contributed by atoms with E-state index in [1.165, 1.54) is 20.8 Å². The molecule has 0 aromatic heterocycles. The number of aliphatic hydroxyl groups is 1. The van der Waals surface area contributed by atoms with Crippen LogP contribution in [0.15, 0.2) is 0 Å². The van der Waals surface area contributed by atoms with Crippen molar-refractivity contribution in [3.63, 3.8) is 0 Å². The lowest BCUT2D eigenvalue weighted by atomic mass is 9.97. The number of thiol groups is 1. The van der Waals surface area contributed by atoms with E-state index < -0.39 is 200 Å². The van der Waals surface area contributed by atoms with Gasteiger partial charge in [-0.1, -0.05) is 40.5 Å². The summed E-state index contributed by atoms with van der Waals surface area (Å²) in [5.41, 5.74) is 16.6. The van der Waals surface area contributed by atoms with Gasteiger partial charge in [-0.2, -0.15) is 12.6 Å². The minimum atomic E-state index is -1.96. The number of primary amides is 1. The van der Waals surface area contributed by atoms with Crippen LogP contribution in [0, 0.1) is 11.8 Å². The van der Waals surface area contributed by atoms with E-state index in [0.717, 1.165) is 6.92 Å². The molecule has 32 heteroatoms. The van der Waals surface area contributed by atoms with Crippen LogP contribution in [0.25, 0.3) is 0 Å². The Balaban J connectivity index is 6.30. The predicted molar refractivity (Wildman–Crippen MR) is 262 cm³/mol. The third-order valence-corrected chi connectivity index (χ3v) is 11.4. The van der Waals surface area contributed by atoms with Gasteiger partial charge in [0.2, 0.25) is 59.1 Å². The van der Waals surface area contributed by atoms with E-state index in [1.54, 1.807) is 6.92 Å². The molecule has 11 atom stereocenters. The monoisotopic (exact) mass is 1090 g/mol. The van der Waals surface area contributed by atoms with Crippen LogP contribution in [0.5, 0.6) is 0 Å². The fraction of sp³-hybridized carbons (Fsp3) is 0.674. The number of hydrogen-bond acceptors (Lipinski definition) is 18. The van der Waals surface area contributed by atoms with Gasteiger partial charge in [-0.25, -0.2) is 4.79 Å². The van der Waals surface area contributed by atoms with E-state index in [9.17, 15) is 87.5 Å². The van der Waals surface area contributed by atoms with Crippen molar-refractivity contribution in [3.05, 3.63) is 0 Å². The molecular weight excluding hydrogens is 1020 g/mol. The van der Waals surface area contributed by atoms with Gasteiger partial charge in [0, 0.05) is 12.2 Å². The zero-order chi connectivity index (χ0) is 57.9. The summed E-state index contributed by atoms with van der Waals surface area (Å²) in [6, 6.07) is -15.0. The van der Waals surface area contributed by atoms with Gasteiger partial charge in [-0.15, -0.1) is 0 Å². The zero-order valence-electron chi connectivity index (χ0n) is 42.0. The number of aliphatic hydroxyl groups excluding tert-OH is 1. The van der Waals surface area contributed by atoms with Crippen molar-refractivity contribution in [3.8, 4) is 0 Å². The second-order valence-electron chi connectivity index (χ2n) is 17.6. The lowest BCUT2D eigenvalue weighted by molar-refractivity contribution is -0.147. The van der Waals surface area contributed by atoms with Gasteiger partial charge in [-0.3, -0.25) is 62.3 Å². The molecule has 0 radical (unpaired) electrons. The highest BCUT2D eigenvalue weighted by Crippen LogP contribution is 2.12. The Bertz CT molecular complexity index is 2060. The maximum atomic E-state index is 13.9. The number of rotatable bonds is 37. The number of hydrogen-bond donors (Lipinski definition) is 18. The van der Waals surface area contributed by atoms with Crippen molar-refractivity contribution >= 4 is 95.6 Å². The number of nitrogens with two attached hydrogens (primary N) is 3. The molecule has 10 amide bonds. The summed E-state index contributed by atoms with van der Waals surface area (Å²) in [6.45, 7) is 6.54. The van der Waals surface area contributed by atoms with E-state index >= 15 is 0 Å².